The van der Waals surface area contributed by atoms with Crippen molar-refractivity contribution in [3.05, 3.63) is 64.7 Å². The Morgan fingerprint density at radius 3 is 2.50 bits per heavy atom. The molecule has 2 aromatic rings. The number of halogens is 1. The summed E-state index contributed by atoms with van der Waals surface area (Å²) >= 11 is 6.15. The van der Waals surface area contributed by atoms with E-state index in [9.17, 15) is 4.79 Å². The van der Waals surface area contributed by atoms with Gasteiger partial charge in [0.2, 0.25) is 0 Å². The lowest BCUT2D eigenvalue weighted by Gasteiger charge is -2.23. The maximum absolute atomic E-state index is 12.3. The summed E-state index contributed by atoms with van der Waals surface area (Å²) in [5.74, 6) is -0.0282. The Morgan fingerprint density at radius 2 is 1.79 bits per heavy atom. The molecule has 24 heavy (non-hydrogen) atoms. The SMILES string of the molecule is O=C(NC1CCOCC1)c1ccc(NCc2ccccc2Cl)cc1. The van der Waals surface area contributed by atoms with Gasteiger partial charge in [-0.15, -0.1) is 0 Å². The smallest absolute Gasteiger partial charge is 0.251 e. The Bertz CT molecular complexity index is 682. The van der Waals surface area contributed by atoms with Crippen LogP contribution in [-0.4, -0.2) is 25.2 Å². The Kier molecular flexibility index (Phi) is 5.72. The minimum atomic E-state index is -0.0282. The molecule has 3 rings (SSSR count). The van der Waals surface area contributed by atoms with Gasteiger partial charge >= 0.3 is 0 Å². The van der Waals surface area contributed by atoms with Crippen LogP contribution in [0.15, 0.2) is 48.5 Å². The van der Waals surface area contributed by atoms with E-state index in [1.807, 2.05) is 48.5 Å². The molecule has 0 unspecified atom stereocenters. The number of rotatable bonds is 5. The van der Waals surface area contributed by atoms with Gasteiger partial charge in [-0.25, -0.2) is 0 Å². The van der Waals surface area contributed by atoms with Gasteiger partial charge in [0.15, 0.2) is 0 Å². The number of hydrogen-bond donors (Lipinski definition) is 2. The van der Waals surface area contributed by atoms with Crippen LogP contribution in [0, 0.1) is 0 Å². The van der Waals surface area contributed by atoms with Gasteiger partial charge in [0.1, 0.15) is 0 Å². The van der Waals surface area contributed by atoms with E-state index in [0.29, 0.717) is 12.1 Å². The van der Waals surface area contributed by atoms with E-state index >= 15 is 0 Å². The number of nitrogens with one attached hydrogen (secondary N) is 2. The molecule has 2 N–H and O–H groups in total. The van der Waals surface area contributed by atoms with E-state index in [2.05, 4.69) is 10.6 Å². The summed E-state index contributed by atoms with van der Waals surface area (Å²) in [7, 11) is 0. The van der Waals surface area contributed by atoms with Crippen molar-refractivity contribution in [3.8, 4) is 0 Å². The first-order valence-electron chi connectivity index (χ1n) is 8.18. The van der Waals surface area contributed by atoms with Gasteiger partial charge in [-0.2, -0.15) is 0 Å². The van der Waals surface area contributed by atoms with E-state index in [1.54, 1.807) is 0 Å². The summed E-state index contributed by atoms with van der Waals surface area (Å²) in [4.78, 5) is 12.3. The van der Waals surface area contributed by atoms with Crippen LogP contribution in [-0.2, 0) is 11.3 Å². The van der Waals surface area contributed by atoms with E-state index in [1.165, 1.54) is 0 Å². The molecule has 1 aliphatic rings. The molecule has 0 aliphatic carbocycles. The quantitative estimate of drug-likeness (QED) is 0.866. The Hall–Kier alpha value is -2.04. The summed E-state index contributed by atoms with van der Waals surface area (Å²) < 4.78 is 5.31. The zero-order chi connectivity index (χ0) is 16.8. The van der Waals surface area contributed by atoms with Crippen LogP contribution in [0.2, 0.25) is 5.02 Å². The summed E-state index contributed by atoms with van der Waals surface area (Å²) in [6, 6.07) is 15.5. The van der Waals surface area contributed by atoms with Crippen LogP contribution < -0.4 is 10.6 Å². The maximum Gasteiger partial charge on any atom is 0.251 e. The molecular formula is C19H21ClN2O2. The molecule has 0 spiro atoms. The molecular weight excluding hydrogens is 324 g/mol. The molecule has 1 fully saturated rings. The van der Waals surface area contributed by atoms with Crippen molar-refractivity contribution >= 4 is 23.2 Å². The fourth-order valence-corrected chi connectivity index (χ4v) is 2.89. The second-order valence-electron chi connectivity index (χ2n) is 5.88. The number of anilines is 1. The average Bonchev–Trinajstić information content (AvgIpc) is 2.62. The van der Waals surface area contributed by atoms with E-state index in [4.69, 9.17) is 16.3 Å². The van der Waals surface area contributed by atoms with Crippen LogP contribution in [0.25, 0.3) is 0 Å². The normalized spacial score (nSPS) is 15.0. The molecule has 2 aromatic carbocycles. The van der Waals surface area contributed by atoms with E-state index in [0.717, 1.165) is 42.3 Å². The van der Waals surface area contributed by atoms with Gasteiger partial charge in [-0.05, 0) is 48.7 Å². The van der Waals surface area contributed by atoms with Crippen molar-refractivity contribution in [1.82, 2.24) is 5.32 Å². The summed E-state index contributed by atoms with van der Waals surface area (Å²) in [5.41, 5.74) is 2.67. The molecule has 1 aliphatic heterocycles. The highest BCUT2D eigenvalue weighted by Crippen LogP contribution is 2.17. The zero-order valence-corrected chi connectivity index (χ0v) is 14.2. The van der Waals surface area contributed by atoms with Crippen LogP contribution in [0.5, 0.6) is 0 Å². The number of carbonyl (C=O) groups excluding carboxylic acids is 1. The van der Waals surface area contributed by atoms with Gasteiger partial charge in [0, 0.05) is 42.1 Å². The van der Waals surface area contributed by atoms with Crippen LogP contribution in [0.4, 0.5) is 5.69 Å². The van der Waals surface area contributed by atoms with Gasteiger partial charge in [-0.3, -0.25) is 4.79 Å². The lowest BCUT2D eigenvalue weighted by Crippen LogP contribution is -2.38. The number of amides is 1. The minimum absolute atomic E-state index is 0.0282. The first kappa shape index (κ1) is 16.8. The lowest BCUT2D eigenvalue weighted by molar-refractivity contribution is 0.0696. The van der Waals surface area contributed by atoms with Gasteiger partial charge in [0.25, 0.3) is 5.91 Å². The summed E-state index contributed by atoms with van der Waals surface area (Å²) in [6.07, 6.45) is 1.76. The minimum Gasteiger partial charge on any atom is -0.381 e. The van der Waals surface area contributed by atoms with Crippen molar-refractivity contribution in [2.75, 3.05) is 18.5 Å². The summed E-state index contributed by atoms with van der Waals surface area (Å²) in [6.45, 7) is 2.08. The third-order valence-corrected chi connectivity index (χ3v) is 4.51. The van der Waals surface area contributed by atoms with Crippen molar-refractivity contribution in [2.45, 2.75) is 25.4 Å². The first-order valence-corrected chi connectivity index (χ1v) is 8.56. The molecule has 1 amide bonds. The highest BCUT2D eigenvalue weighted by molar-refractivity contribution is 6.31. The van der Waals surface area contributed by atoms with E-state index in [-0.39, 0.29) is 11.9 Å². The predicted octanol–water partition coefficient (Wildman–Crippen LogP) is 3.86. The second-order valence-corrected chi connectivity index (χ2v) is 6.29. The molecule has 0 radical (unpaired) electrons. The predicted molar refractivity (Wildman–Crippen MR) is 96.5 cm³/mol. The van der Waals surface area contributed by atoms with Gasteiger partial charge < -0.3 is 15.4 Å². The third kappa shape index (κ3) is 4.49. The van der Waals surface area contributed by atoms with Crippen LogP contribution in [0.1, 0.15) is 28.8 Å². The standard InChI is InChI=1S/C19H21ClN2O2/c20-18-4-2-1-3-15(18)13-21-16-7-5-14(6-8-16)19(23)22-17-9-11-24-12-10-17/h1-8,17,21H,9-13H2,(H,22,23). The van der Waals surface area contributed by atoms with Crippen molar-refractivity contribution in [2.24, 2.45) is 0 Å². The lowest BCUT2D eigenvalue weighted by atomic mass is 10.1. The van der Waals surface area contributed by atoms with Crippen molar-refractivity contribution in [3.63, 3.8) is 0 Å². The molecule has 1 heterocycles. The van der Waals surface area contributed by atoms with Gasteiger partial charge in [0.05, 0.1) is 0 Å². The van der Waals surface area contributed by atoms with Crippen molar-refractivity contribution in [1.29, 1.82) is 0 Å². The first-order chi connectivity index (χ1) is 11.7. The molecule has 4 nitrogen and oxygen atoms in total. The fraction of sp³-hybridized carbons (Fsp3) is 0.316. The van der Waals surface area contributed by atoms with Gasteiger partial charge in [-0.1, -0.05) is 29.8 Å². The van der Waals surface area contributed by atoms with Crippen molar-refractivity contribution < 1.29 is 9.53 Å². The number of benzene rings is 2. The number of carbonyl (C=O) groups is 1. The Labute approximate surface area is 147 Å². The summed E-state index contributed by atoms with van der Waals surface area (Å²) in [5, 5.41) is 7.13. The Morgan fingerprint density at radius 1 is 1.08 bits per heavy atom. The highest BCUT2D eigenvalue weighted by Gasteiger charge is 2.16. The molecule has 1 saturated heterocycles. The Balaban J connectivity index is 1.54. The van der Waals surface area contributed by atoms with E-state index < -0.39 is 0 Å². The second kappa shape index (κ2) is 8.18. The monoisotopic (exact) mass is 344 g/mol. The molecule has 126 valence electrons. The molecule has 0 bridgehead atoms. The van der Waals surface area contributed by atoms with Crippen LogP contribution in [0.3, 0.4) is 0 Å². The average molecular weight is 345 g/mol. The molecule has 0 saturated carbocycles. The number of ether oxygens (including phenoxy) is 1. The molecule has 5 heteroatoms. The fourth-order valence-electron chi connectivity index (χ4n) is 2.69. The van der Waals surface area contributed by atoms with Crippen LogP contribution >= 0.6 is 11.6 Å². The largest absolute Gasteiger partial charge is 0.381 e. The molecule has 0 atom stereocenters. The third-order valence-electron chi connectivity index (χ3n) is 4.14. The topological polar surface area (TPSA) is 50.4 Å². The highest BCUT2D eigenvalue weighted by atomic mass is 35.5. The molecule has 0 aromatic heterocycles. The number of hydrogen-bond acceptors (Lipinski definition) is 3. The zero-order valence-electron chi connectivity index (χ0n) is 13.4. The maximum atomic E-state index is 12.3.